The van der Waals surface area contributed by atoms with Gasteiger partial charge in [0.1, 0.15) is 11.4 Å². The fourth-order valence-corrected chi connectivity index (χ4v) is 4.27. The van der Waals surface area contributed by atoms with Gasteiger partial charge in [-0.3, -0.25) is 4.90 Å². The Labute approximate surface area is 174 Å². The minimum atomic E-state index is -3.92. The third-order valence-electron chi connectivity index (χ3n) is 4.15. The first kappa shape index (κ1) is 21.1. The Bertz CT molecular complexity index is 1180. The average Bonchev–Trinajstić information content (AvgIpc) is 2.97. The van der Waals surface area contributed by atoms with Gasteiger partial charge in [0.05, 0.1) is 9.92 Å². The number of hydrogen-bond acceptors (Lipinski definition) is 5. The molecule has 0 fully saturated rings. The van der Waals surface area contributed by atoms with Gasteiger partial charge in [-0.25, -0.2) is 22.2 Å². The monoisotopic (exact) mass is 435 g/mol. The molecule has 29 heavy (non-hydrogen) atoms. The van der Waals surface area contributed by atoms with Crippen molar-refractivity contribution in [3.8, 4) is 0 Å². The van der Waals surface area contributed by atoms with Crippen LogP contribution in [-0.2, 0) is 14.8 Å². The van der Waals surface area contributed by atoms with E-state index in [1.54, 1.807) is 45.0 Å². The molecule has 154 valence electrons. The minimum absolute atomic E-state index is 0.115. The van der Waals surface area contributed by atoms with Crippen LogP contribution in [0.1, 0.15) is 26.3 Å². The van der Waals surface area contributed by atoms with Crippen LogP contribution in [0.15, 0.2) is 47.5 Å². The van der Waals surface area contributed by atoms with Crippen molar-refractivity contribution in [1.29, 1.82) is 0 Å². The highest BCUT2D eigenvalue weighted by Gasteiger charge is 2.25. The fourth-order valence-electron chi connectivity index (χ4n) is 2.64. The average molecular weight is 436 g/mol. The molecule has 2 heterocycles. The summed E-state index contributed by atoms with van der Waals surface area (Å²) in [6.45, 7) is 7.15. The lowest BCUT2D eigenvalue weighted by molar-refractivity contribution is 0.0588. The molecule has 0 aliphatic carbocycles. The predicted molar refractivity (Wildman–Crippen MR) is 113 cm³/mol. The van der Waals surface area contributed by atoms with Crippen molar-refractivity contribution >= 4 is 44.6 Å². The van der Waals surface area contributed by atoms with Gasteiger partial charge in [0, 0.05) is 18.6 Å². The number of carbonyl (C=O) groups excluding carboxylic acids is 1. The number of rotatable bonds is 3. The molecular weight excluding hydrogens is 414 g/mol. The summed E-state index contributed by atoms with van der Waals surface area (Å²) in [5, 5.41) is 0.707. The molecule has 3 rings (SSSR count). The van der Waals surface area contributed by atoms with Gasteiger partial charge in [0.25, 0.3) is 10.0 Å². The number of carbonyl (C=O) groups is 1. The van der Waals surface area contributed by atoms with Crippen molar-refractivity contribution in [1.82, 2.24) is 8.96 Å². The Morgan fingerprint density at radius 3 is 2.34 bits per heavy atom. The number of anilines is 1. The number of ether oxygens (including phenoxy) is 1. The summed E-state index contributed by atoms with van der Waals surface area (Å²) in [7, 11) is -2.41. The molecule has 0 N–H and O–H groups in total. The lowest BCUT2D eigenvalue weighted by atomic mass is 10.2. The first-order valence-corrected chi connectivity index (χ1v) is 10.7. The van der Waals surface area contributed by atoms with Crippen molar-refractivity contribution in [2.75, 3.05) is 11.9 Å². The van der Waals surface area contributed by atoms with Crippen molar-refractivity contribution in [2.45, 2.75) is 38.2 Å². The molecule has 0 saturated heterocycles. The summed E-state index contributed by atoms with van der Waals surface area (Å²) < 4.78 is 32.6. The van der Waals surface area contributed by atoms with Gasteiger partial charge < -0.3 is 4.74 Å². The van der Waals surface area contributed by atoms with Gasteiger partial charge >= 0.3 is 6.09 Å². The van der Waals surface area contributed by atoms with Crippen LogP contribution in [0.5, 0.6) is 0 Å². The number of aromatic nitrogens is 2. The number of hydrogen-bond donors (Lipinski definition) is 0. The smallest absolute Gasteiger partial charge is 0.415 e. The highest BCUT2D eigenvalue weighted by atomic mass is 35.5. The van der Waals surface area contributed by atoms with Gasteiger partial charge in [0.2, 0.25) is 0 Å². The van der Waals surface area contributed by atoms with E-state index in [4.69, 9.17) is 16.3 Å². The molecule has 9 heteroatoms. The van der Waals surface area contributed by atoms with E-state index in [0.717, 1.165) is 9.54 Å². The molecule has 0 aliphatic heterocycles. The van der Waals surface area contributed by atoms with Crippen LogP contribution in [0.4, 0.5) is 10.6 Å². The Morgan fingerprint density at radius 1 is 1.14 bits per heavy atom. The van der Waals surface area contributed by atoms with E-state index < -0.39 is 21.7 Å². The first-order chi connectivity index (χ1) is 13.4. The second kappa shape index (κ2) is 7.35. The summed E-state index contributed by atoms with van der Waals surface area (Å²) in [5.41, 5.74) is 0.399. The zero-order valence-electron chi connectivity index (χ0n) is 16.8. The molecule has 0 spiro atoms. The lowest BCUT2D eigenvalue weighted by Crippen LogP contribution is -2.34. The molecule has 0 saturated carbocycles. The van der Waals surface area contributed by atoms with E-state index in [1.165, 1.54) is 30.3 Å². The van der Waals surface area contributed by atoms with E-state index in [0.29, 0.717) is 5.39 Å². The largest absolute Gasteiger partial charge is 0.443 e. The summed E-state index contributed by atoms with van der Waals surface area (Å²) in [5.74, 6) is 0.238. The Morgan fingerprint density at radius 2 is 1.76 bits per heavy atom. The van der Waals surface area contributed by atoms with E-state index >= 15 is 0 Å². The zero-order valence-corrected chi connectivity index (χ0v) is 18.4. The molecule has 2 aromatic heterocycles. The molecule has 0 atom stereocenters. The topological polar surface area (TPSA) is 81.5 Å². The van der Waals surface area contributed by atoms with Gasteiger partial charge in [0.15, 0.2) is 5.65 Å². The van der Waals surface area contributed by atoms with Crippen LogP contribution in [0.3, 0.4) is 0 Å². The first-order valence-electron chi connectivity index (χ1n) is 8.87. The number of halogens is 1. The van der Waals surface area contributed by atoms with Crippen LogP contribution in [0, 0.1) is 6.92 Å². The Kier molecular flexibility index (Phi) is 5.36. The molecule has 3 aromatic rings. The number of amides is 1. The molecule has 7 nitrogen and oxygen atoms in total. The van der Waals surface area contributed by atoms with Crippen LogP contribution >= 0.6 is 11.6 Å². The molecular formula is C20H22ClN3O4S. The summed E-state index contributed by atoms with van der Waals surface area (Å²) in [6.07, 6.45) is 0.709. The Hall–Kier alpha value is -2.58. The van der Waals surface area contributed by atoms with Gasteiger partial charge in [-0.2, -0.15) is 0 Å². The quantitative estimate of drug-likeness (QED) is 0.600. The standard InChI is InChI=1S/C20H22ClN3O4S/c1-13-6-8-14(9-7-13)29(26,27)24-12-16(21)15-10-11-17(22-18(15)24)23(5)19(25)28-20(2,3)4/h6-12H,1-5H3. The molecule has 0 aliphatic rings. The van der Waals surface area contributed by atoms with Crippen LogP contribution in [0.2, 0.25) is 5.02 Å². The van der Waals surface area contributed by atoms with Gasteiger partial charge in [-0.1, -0.05) is 29.3 Å². The lowest BCUT2D eigenvalue weighted by Gasteiger charge is -2.24. The predicted octanol–water partition coefficient (Wildman–Crippen LogP) is 4.61. The van der Waals surface area contributed by atoms with Gasteiger partial charge in [-0.15, -0.1) is 0 Å². The fraction of sp³-hybridized carbons (Fsp3) is 0.300. The van der Waals surface area contributed by atoms with E-state index in [9.17, 15) is 13.2 Å². The number of nitrogens with zero attached hydrogens (tertiary/aromatic N) is 3. The van der Waals surface area contributed by atoms with E-state index in [1.807, 2.05) is 6.92 Å². The third kappa shape index (κ3) is 4.23. The minimum Gasteiger partial charge on any atom is -0.443 e. The number of aryl methyl sites for hydroxylation is 1. The maximum Gasteiger partial charge on any atom is 0.415 e. The summed E-state index contributed by atoms with van der Waals surface area (Å²) in [6, 6.07) is 9.70. The number of benzene rings is 1. The SMILES string of the molecule is Cc1ccc(S(=O)(=O)n2cc(Cl)c3ccc(N(C)C(=O)OC(C)(C)C)nc32)cc1. The van der Waals surface area contributed by atoms with Crippen LogP contribution < -0.4 is 4.90 Å². The van der Waals surface area contributed by atoms with Crippen molar-refractivity contribution in [2.24, 2.45) is 0 Å². The Balaban J connectivity index is 2.09. The van der Waals surface area contributed by atoms with E-state index in [-0.39, 0.29) is 21.4 Å². The number of pyridine rings is 1. The normalized spacial score (nSPS) is 12.2. The molecule has 1 amide bonds. The van der Waals surface area contributed by atoms with Gasteiger partial charge in [-0.05, 0) is 52.0 Å². The summed E-state index contributed by atoms with van der Waals surface area (Å²) >= 11 is 6.25. The highest BCUT2D eigenvalue weighted by molar-refractivity contribution is 7.90. The molecule has 0 bridgehead atoms. The third-order valence-corrected chi connectivity index (χ3v) is 6.11. The second-order valence-corrected chi connectivity index (χ2v) is 9.89. The maximum absolute atomic E-state index is 13.1. The maximum atomic E-state index is 13.1. The zero-order chi connectivity index (χ0) is 21.6. The highest BCUT2D eigenvalue weighted by Crippen LogP contribution is 2.30. The molecule has 1 aromatic carbocycles. The number of fused-ring (bicyclic) bond motifs is 1. The van der Waals surface area contributed by atoms with Crippen molar-refractivity contribution in [3.05, 3.63) is 53.2 Å². The molecule has 0 radical (unpaired) electrons. The van der Waals surface area contributed by atoms with E-state index in [2.05, 4.69) is 4.98 Å². The summed E-state index contributed by atoms with van der Waals surface area (Å²) in [4.78, 5) is 18.1. The van der Waals surface area contributed by atoms with Crippen LogP contribution in [-0.4, -0.2) is 36.1 Å². The molecule has 0 unspecified atom stereocenters. The van der Waals surface area contributed by atoms with Crippen molar-refractivity contribution < 1.29 is 17.9 Å². The van der Waals surface area contributed by atoms with Crippen molar-refractivity contribution in [3.63, 3.8) is 0 Å². The second-order valence-electron chi connectivity index (χ2n) is 7.67. The van der Waals surface area contributed by atoms with Crippen LogP contribution in [0.25, 0.3) is 11.0 Å².